The molecule has 1 rings (SSSR count). The highest BCUT2D eigenvalue weighted by atomic mass is 35.5. The summed E-state index contributed by atoms with van der Waals surface area (Å²) < 4.78 is 25.1. The second-order valence-electron chi connectivity index (χ2n) is 3.88. The van der Waals surface area contributed by atoms with E-state index in [0.29, 0.717) is 25.3 Å². The highest BCUT2D eigenvalue weighted by Crippen LogP contribution is 2.21. The first kappa shape index (κ1) is 13.7. The van der Waals surface area contributed by atoms with E-state index in [4.69, 9.17) is 17.3 Å². The van der Waals surface area contributed by atoms with Crippen LogP contribution in [0.4, 0.5) is 0 Å². The smallest absolute Gasteiger partial charge is 0.235 e. The van der Waals surface area contributed by atoms with Gasteiger partial charge >= 0.3 is 0 Å². The monoisotopic (exact) mass is 268 g/mol. The maximum Gasteiger partial charge on any atom is 0.235 e. The van der Waals surface area contributed by atoms with E-state index in [-0.39, 0.29) is 5.75 Å². The molecule has 5 nitrogen and oxygen atoms in total. The van der Waals surface area contributed by atoms with Gasteiger partial charge in [-0.2, -0.15) is 4.31 Å². The first-order chi connectivity index (χ1) is 7.49. The van der Waals surface area contributed by atoms with Gasteiger partial charge in [-0.15, -0.1) is 11.6 Å². The van der Waals surface area contributed by atoms with Crippen LogP contribution >= 0.6 is 11.6 Å². The van der Waals surface area contributed by atoms with E-state index >= 15 is 0 Å². The van der Waals surface area contributed by atoms with E-state index in [0.717, 1.165) is 12.8 Å². The summed E-state index contributed by atoms with van der Waals surface area (Å²) in [6.45, 7) is 0.387. The number of nitrogens with zero attached hydrogens (tertiary/aromatic N) is 1. The van der Waals surface area contributed by atoms with E-state index in [9.17, 15) is 13.2 Å². The van der Waals surface area contributed by atoms with Gasteiger partial charge in [0, 0.05) is 12.4 Å². The lowest BCUT2D eigenvalue weighted by Gasteiger charge is -2.32. The fourth-order valence-corrected chi connectivity index (χ4v) is 3.92. The lowest BCUT2D eigenvalue weighted by Crippen LogP contribution is -2.51. The predicted molar refractivity (Wildman–Crippen MR) is 62.7 cm³/mol. The molecule has 1 unspecified atom stereocenters. The minimum atomic E-state index is -3.39. The Hall–Kier alpha value is -0.330. The van der Waals surface area contributed by atoms with Gasteiger partial charge in [0.25, 0.3) is 0 Å². The summed E-state index contributed by atoms with van der Waals surface area (Å²) >= 11 is 5.47. The van der Waals surface area contributed by atoms with E-state index in [1.54, 1.807) is 0 Å². The van der Waals surface area contributed by atoms with Gasteiger partial charge in [-0.05, 0) is 19.3 Å². The number of hydrogen-bond acceptors (Lipinski definition) is 3. The van der Waals surface area contributed by atoms with Crippen molar-refractivity contribution >= 4 is 27.5 Å². The minimum Gasteiger partial charge on any atom is -0.368 e. The van der Waals surface area contributed by atoms with Crippen LogP contribution in [0.3, 0.4) is 0 Å². The Bertz CT molecular complexity index is 345. The average molecular weight is 269 g/mol. The van der Waals surface area contributed by atoms with Gasteiger partial charge in [0.15, 0.2) is 0 Å². The number of nitrogens with two attached hydrogens (primary N) is 1. The van der Waals surface area contributed by atoms with Gasteiger partial charge in [-0.25, -0.2) is 8.42 Å². The first-order valence-corrected chi connectivity index (χ1v) is 7.48. The van der Waals surface area contributed by atoms with E-state index < -0.39 is 22.0 Å². The van der Waals surface area contributed by atoms with Gasteiger partial charge in [0.1, 0.15) is 6.04 Å². The minimum absolute atomic E-state index is 0.0136. The Morgan fingerprint density at radius 2 is 2.12 bits per heavy atom. The molecule has 94 valence electrons. The van der Waals surface area contributed by atoms with E-state index in [1.165, 1.54) is 4.31 Å². The third kappa shape index (κ3) is 3.33. The number of halogens is 1. The molecule has 0 aromatic carbocycles. The van der Waals surface area contributed by atoms with Crippen LogP contribution in [0.15, 0.2) is 0 Å². The molecule has 0 aromatic rings. The third-order valence-electron chi connectivity index (χ3n) is 2.68. The summed E-state index contributed by atoms with van der Waals surface area (Å²) in [4.78, 5) is 11.2. The molecular weight excluding hydrogens is 252 g/mol. The van der Waals surface area contributed by atoms with Gasteiger partial charge in [0.2, 0.25) is 15.9 Å². The molecule has 1 aliphatic rings. The molecule has 7 heteroatoms. The van der Waals surface area contributed by atoms with Crippen LogP contribution in [0, 0.1) is 0 Å². The summed E-state index contributed by atoms with van der Waals surface area (Å²) in [6, 6.07) is -0.672. The lowest BCUT2D eigenvalue weighted by molar-refractivity contribution is -0.122. The van der Waals surface area contributed by atoms with Gasteiger partial charge in [-0.1, -0.05) is 6.42 Å². The maximum atomic E-state index is 11.9. The van der Waals surface area contributed by atoms with E-state index in [1.807, 2.05) is 0 Å². The van der Waals surface area contributed by atoms with Crippen LogP contribution in [0.25, 0.3) is 0 Å². The Labute approximate surface area is 101 Å². The molecular formula is C9H17ClN2O3S. The Morgan fingerprint density at radius 1 is 1.44 bits per heavy atom. The van der Waals surface area contributed by atoms with Crippen molar-refractivity contribution < 1.29 is 13.2 Å². The zero-order valence-electron chi connectivity index (χ0n) is 9.06. The number of primary amides is 1. The summed E-state index contributed by atoms with van der Waals surface area (Å²) in [5, 5.41) is 0. The fraction of sp³-hybridized carbons (Fsp3) is 0.889. The highest BCUT2D eigenvalue weighted by Gasteiger charge is 2.34. The molecule has 0 aliphatic carbocycles. The van der Waals surface area contributed by atoms with Crippen molar-refractivity contribution in [2.75, 3.05) is 18.2 Å². The van der Waals surface area contributed by atoms with Crippen molar-refractivity contribution in [1.82, 2.24) is 4.31 Å². The van der Waals surface area contributed by atoms with Gasteiger partial charge in [-0.3, -0.25) is 4.79 Å². The molecule has 1 aliphatic heterocycles. The topological polar surface area (TPSA) is 80.5 Å². The predicted octanol–water partition coefficient (Wildman–Crippen LogP) is 0.285. The first-order valence-electron chi connectivity index (χ1n) is 5.34. The van der Waals surface area contributed by atoms with Crippen LogP contribution in [-0.4, -0.2) is 42.8 Å². The molecule has 1 atom stereocenters. The molecule has 0 radical (unpaired) electrons. The third-order valence-corrected chi connectivity index (χ3v) is 4.90. The number of piperidine rings is 1. The van der Waals surface area contributed by atoms with Crippen molar-refractivity contribution in [3.63, 3.8) is 0 Å². The standard InChI is InChI=1S/C9H17ClN2O3S/c10-5-3-7-16(14,15)12-6-2-1-4-8(12)9(11)13/h8H,1-7H2,(H2,11,13). The Morgan fingerprint density at radius 3 is 2.69 bits per heavy atom. The number of carbonyl (C=O) groups excluding carboxylic acids is 1. The molecule has 1 saturated heterocycles. The molecule has 1 heterocycles. The second kappa shape index (κ2) is 5.84. The molecule has 1 amide bonds. The van der Waals surface area contributed by atoms with Gasteiger partial charge < -0.3 is 5.73 Å². The average Bonchev–Trinajstić information content (AvgIpc) is 2.26. The molecule has 0 aromatic heterocycles. The number of amides is 1. The molecule has 1 fully saturated rings. The zero-order chi connectivity index (χ0) is 12.2. The summed E-state index contributed by atoms with van der Waals surface area (Å²) in [5.74, 6) is -0.275. The van der Waals surface area contributed by atoms with Crippen molar-refractivity contribution in [3.05, 3.63) is 0 Å². The molecule has 2 N–H and O–H groups in total. The molecule has 0 saturated carbocycles. The number of hydrogen-bond donors (Lipinski definition) is 1. The van der Waals surface area contributed by atoms with Crippen LogP contribution in [0.1, 0.15) is 25.7 Å². The maximum absolute atomic E-state index is 11.9. The van der Waals surface area contributed by atoms with Crippen molar-refractivity contribution in [3.8, 4) is 0 Å². The normalized spacial score (nSPS) is 23.2. The number of sulfonamides is 1. The lowest BCUT2D eigenvalue weighted by atomic mass is 10.0. The SMILES string of the molecule is NC(=O)C1CCCCN1S(=O)(=O)CCCCl. The van der Waals surface area contributed by atoms with Crippen LogP contribution in [-0.2, 0) is 14.8 Å². The number of alkyl halides is 1. The Balaban J connectivity index is 2.78. The van der Waals surface area contributed by atoms with Crippen molar-refractivity contribution in [2.45, 2.75) is 31.7 Å². The quantitative estimate of drug-likeness (QED) is 0.728. The largest absolute Gasteiger partial charge is 0.368 e. The van der Waals surface area contributed by atoms with Crippen LogP contribution in [0.2, 0.25) is 0 Å². The molecule has 0 spiro atoms. The second-order valence-corrected chi connectivity index (χ2v) is 6.30. The highest BCUT2D eigenvalue weighted by molar-refractivity contribution is 7.89. The number of rotatable bonds is 5. The van der Waals surface area contributed by atoms with Crippen LogP contribution in [0.5, 0.6) is 0 Å². The van der Waals surface area contributed by atoms with Crippen LogP contribution < -0.4 is 5.73 Å². The molecule has 16 heavy (non-hydrogen) atoms. The van der Waals surface area contributed by atoms with E-state index in [2.05, 4.69) is 0 Å². The van der Waals surface area contributed by atoms with Crippen molar-refractivity contribution in [2.24, 2.45) is 5.73 Å². The zero-order valence-corrected chi connectivity index (χ0v) is 10.6. The van der Waals surface area contributed by atoms with Crippen molar-refractivity contribution in [1.29, 1.82) is 0 Å². The fourth-order valence-electron chi connectivity index (χ4n) is 1.88. The molecule has 0 bridgehead atoms. The summed E-state index contributed by atoms with van der Waals surface area (Å²) in [5.41, 5.74) is 5.21. The van der Waals surface area contributed by atoms with Gasteiger partial charge in [0.05, 0.1) is 5.75 Å². The summed E-state index contributed by atoms with van der Waals surface area (Å²) in [7, 11) is -3.39. The summed E-state index contributed by atoms with van der Waals surface area (Å²) in [6.07, 6.45) is 2.54. The Kier molecular flexibility index (Phi) is 5.01. The number of carbonyl (C=O) groups is 1.